The fourth-order valence-corrected chi connectivity index (χ4v) is 7.25. The number of benzene rings is 1. The lowest BCUT2D eigenvalue weighted by atomic mass is 9.83. The van der Waals surface area contributed by atoms with E-state index in [0.29, 0.717) is 22.6 Å². The van der Waals surface area contributed by atoms with Gasteiger partial charge in [0.25, 0.3) is 12.0 Å². The number of rotatable bonds is 7. The van der Waals surface area contributed by atoms with Gasteiger partial charge in [0.05, 0.1) is 27.9 Å². The van der Waals surface area contributed by atoms with E-state index in [4.69, 9.17) is 10.5 Å². The first-order chi connectivity index (χ1) is 18.0. The minimum absolute atomic E-state index is 0.0779. The van der Waals surface area contributed by atoms with Crippen molar-refractivity contribution in [3.8, 4) is 0 Å². The van der Waals surface area contributed by atoms with Crippen molar-refractivity contribution >= 4 is 57.1 Å². The summed E-state index contributed by atoms with van der Waals surface area (Å²) in [5.74, 6) is -1.68. The minimum atomic E-state index is -0.877. The Labute approximate surface area is 224 Å². The molecule has 0 spiro atoms. The first-order valence-corrected chi connectivity index (χ1v) is 13.6. The van der Waals surface area contributed by atoms with E-state index in [1.807, 2.05) is 17.6 Å². The molecule has 1 saturated heterocycles. The van der Waals surface area contributed by atoms with Gasteiger partial charge in [-0.05, 0) is 44.2 Å². The first kappa shape index (κ1) is 25.9. The molecular weight excluding hydrogens is 534 g/mol. The maximum atomic E-state index is 13.4. The fraction of sp³-hybridized carbons (Fsp3) is 0.333. The number of nitrogens with zero attached hydrogens (tertiary/aromatic N) is 4. The van der Waals surface area contributed by atoms with Gasteiger partial charge in [-0.2, -0.15) is 4.40 Å². The van der Waals surface area contributed by atoms with E-state index in [0.717, 1.165) is 15.4 Å². The monoisotopic (exact) mass is 558 g/mol. The Balaban J connectivity index is 1.53. The number of aromatic nitrogens is 2. The van der Waals surface area contributed by atoms with Gasteiger partial charge in [0, 0.05) is 17.7 Å². The van der Waals surface area contributed by atoms with Crippen LogP contribution in [0.15, 0.2) is 41.3 Å². The lowest BCUT2D eigenvalue weighted by molar-refractivity contribution is -0.515. The predicted octanol–water partition coefficient (Wildman–Crippen LogP) is 2.22. The van der Waals surface area contributed by atoms with Crippen LogP contribution in [0.3, 0.4) is 0 Å². The average Bonchev–Trinajstić information content (AvgIpc) is 3.51. The molecule has 0 radical (unpaired) electrons. The molecule has 38 heavy (non-hydrogen) atoms. The van der Waals surface area contributed by atoms with Crippen LogP contribution in [0.1, 0.15) is 29.5 Å². The van der Waals surface area contributed by atoms with Crippen LogP contribution >= 0.6 is 23.1 Å². The number of hydrogen-bond donors (Lipinski definition) is 2. The molecule has 12 nitrogen and oxygen atoms in total. The highest BCUT2D eigenvalue weighted by atomic mass is 32.2. The second-order valence-corrected chi connectivity index (χ2v) is 10.9. The van der Waals surface area contributed by atoms with Crippen molar-refractivity contribution in [1.29, 1.82) is 0 Å². The summed E-state index contributed by atoms with van der Waals surface area (Å²) in [5, 5.41) is 21.7. The molecule has 2 aliphatic heterocycles. The van der Waals surface area contributed by atoms with Gasteiger partial charge in [0.15, 0.2) is 0 Å². The number of aryl methyl sites for hydroxylation is 1. The third-order valence-corrected chi connectivity index (χ3v) is 9.12. The number of aliphatic hydroxyl groups excluding tert-OH is 1. The molecule has 0 saturated carbocycles. The number of thioether (sulfide) groups is 1. The standard InChI is InChI=1S/C24H23N5O7S2/c1-11-19(38-22-21(37-3)27(24(25)33)10-26(11)22)15-8-16-17(12(2)30)20(31)28(16)18(15)23(32)36-9-13-4-6-14(7-5-13)29(34)35/h4-7,10,12,16-17,30H,8-9H2,1-3H3,(H-,25,33)/p+1/t12-,16-,17-/m1/s1. The minimum Gasteiger partial charge on any atom is -0.456 e. The van der Waals surface area contributed by atoms with Crippen LogP contribution in [-0.2, 0) is 20.9 Å². The number of non-ortho nitro benzene ring substituents is 1. The predicted molar refractivity (Wildman–Crippen MR) is 137 cm³/mol. The Hall–Kier alpha value is -3.75. The summed E-state index contributed by atoms with van der Waals surface area (Å²) in [7, 11) is 0. The third-order valence-electron chi connectivity index (χ3n) is 6.88. The quantitative estimate of drug-likeness (QED) is 0.111. The van der Waals surface area contributed by atoms with Crippen LogP contribution in [0, 0.1) is 23.0 Å². The van der Waals surface area contributed by atoms with Crippen molar-refractivity contribution in [3.63, 3.8) is 0 Å². The zero-order valence-electron chi connectivity index (χ0n) is 20.6. The number of primary amides is 1. The van der Waals surface area contributed by atoms with Gasteiger partial charge in [-0.25, -0.2) is 9.59 Å². The number of nitro groups is 1. The Morgan fingerprint density at radius 1 is 1.37 bits per heavy atom. The van der Waals surface area contributed by atoms with E-state index < -0.39 is 28.9 Å². The maximum Gasteiger partial charge on any atom is 0.411 e. The molecular formula is C24H24N5O7S2+. The number of nitro benzene ring substituents is 1. The van der Waals surface area contributed by atoms with E-state index in [2.05, 4.69) is 0 Å². The number of β-lactam (4-membered cyclic amide) rings is 1. The number of fused-ring (bicyclic) bond motifs is 2. The molecule has 5 rings (SSSR count). The van der Waals surface area contributed by atoms with Crippen LogP contribution < -0.4 is 10.1 Å². The van der Waals surface area contributed by atoms with E-state index in [1.165, 1.54) is 56.8 Å². The number of esters is 1. The Kier molecular flexibility index (Phi) is 6.49. The van der Waals surface area contributed by atoms with Gasteiger partial charge in [-0.15, -0.1) is 4.57 Å². The lowest BCUT2D eigenvalue weighted by Gasteiger charge is -2.44. The first-order valence-electron chi connectivity index (χ1n) is 11.6. The number of thiazole rings is 1. The number of ether oxygens (including phenoxy) is 1. The SMILES string of the molecule is CSc1c2sc(C3=C(C(=O)OCc4ccc([N+](=O)[O-])cc4)N4C(=O)[C@H]([C@@H](C)O)[C@H]4C3)c(C)[n+]2cn1C(N)=O. The Morgan fingerprint density at radius 3 is 2.63 bits per heavy atom. The van der Waals surface area contributed by atoms with Crippen LogP contribution in [-0.4, -0.2) is 55.8 Å². The average molecular weight is 559 g/mol. The van der Waals surface area contributed by atoms with Crippen LogP contribution in [0.2, 0.25) is 0 Å². The maximum absolute atomic E-state index is 13.4. The van der Waals surface area contributed by atoms with E-state index in [1.54, 1.807) is 13.3 Å². The summed E-state index contributed by atoms with van der Waals surface area (Å²) >= 11 is 2.74. The molecule has 3 atom stereocenters. The second-order valence-electron chi connectivity index (χ2n) is 9.10. The number of imidazole rings is 1. The molecule has 1 aromatic carbocycles. The molecule has 14 heteroatoms. The van der Waals surface area contributed by atoms with Crippen molar-refractivity contribution in [2.24, 2.45) is 11.7 Å². The van der Waals surface area contributed by atoms with Crippen molar-refractivity contribution in [1.82, 2.24) is 9.47 Å². The number of amides is 2. The highest BCUT2D eigenvalue weighted by Gasteiger charge is 2.57. The molecule has 0 unspecified atom stereocenters. The number of carbonyl (C=O) groups is 3. The summed E-state index contributed by atoms with van der Waals surface area (Å²) in [6.07, 6.45) is 2.91. The van der Waals surface area contributed by atoms with Gasteiger partial charge in [0.1, 0.15) is 18.0 Å². The molecule has 2 amide bonds. The third kappa shape index (κ3) is 3.95. The summed E-state index contributed by atoms with van der Waals surface area (Å²) < 4.78 is 8.74. The summed E-state index contributed by atoms with van der Waals surface area (Å²) in [4.78, 5) is 51.6. The van der Waals surface area contributed by atoms with E-state index in [9.17, 15) is 29.6 Å². The van der Waals surface area contributed by atoms with Gasteiger partial charge in [0.2, 0.25) is 15.8 Å². The Morgan fingerprint density at radius 2 is 2.05 bits per heavy atom. The number of aliphatic hydroxyl groups is 1. The lowest BCUT2D eigenvalue weighted by Crippen LogP contribution is -2.61. The molecule has 3 N–H and O–H groups in total. The van der Waals surface area contributed by atoms with Crippen LogP contribution in [0.25, 0.3) is 10.4 Å². The molecule has 0 aliphatic carbocycles. The van der Waals surface area contributed by atoms with Gasteiger partial charge in [-0.1, -0.05) is 23.1 Å². The summed E-state index contributed by atoms with van der Waals surface area (Å²) in [6.45, 7) is 3.27. The van der Waals surface area contributed by atoms with Gasteiger partial charge in [-0.3, -0.25) is 14.9 Å². The van der Waals surface area contributed by atoms with Crippen LogP contribution in [0.4, 0.5) is 10.5 Å². The molecule has 3 aromatic rings. The van der Waals surface area contributed by atoms with Crippen molar-refractivity contribution < 1.29 is 33.6 Å². The molecule has 198 valence electrons. The summed E-state index contributed by atoms with van der Waals surface area (Å²) in [5.41, 5.74) is 7.52. The smallest absolute Gasteiger partial charge is 0.411 e. The van der Waals surface area contributed by atoms with Crippen LogP contribution in [0.5, 0.6) is 0 Å². The second kappa shape index (κ2) is 9.53. The Bertz CT molecular complexity index is 1540. The zero-order valence-corrected chi connectivity index (χ0v) is 22.2. The van der Waals surface area contributed by atoms with Crippen molar-refractivity contribution in [2.45, 2.75) is 44.0 Å². The van der Waals surface area contributed by atoms with Crippen molar-refractivity contribution in [3.05, 3.63) is 62.5 Å². The van der Waals surface area contributed by atoms with Gasteiger partial charge < -0.3 is 20.5 Å². The normalized spacial score (nSPS) is 19.5. The molecule has 2 aliphatic rings. The number of carbonyl (C=O) groups excluding carboxylic acids is 3. The zero-order chi connectivity index (χ0) is 27.5. The topological polar surface area (TPSA) is 162 Å². The van der Waals surface area contributed by atoms with Gasteiger partial charge >= 0.3 is 12.0 Å². The highest BCUT2D eigenvalue weighted by Crippen LogP contribution is 2.49. The molecule has 4 heterocycles. The molecule has 1 fully saturated rings. The van der Waals surface area contributed by atoms with E-state index in [-0.39, 0.29) is 29.9 Å². The summed E-state index contributed by atoms with van der Waals surface area (Å²) in [6, 6.07) is 4.66. The fourth-order valence-electron chi connectivity index (χ4n) is 5.05. The van der Waals surface area contributed by atoms with Crippen molar-refractivity contribution in [2.75, 3.05) is 6.26 Å². The number of nitrogens with two attached hydrogens (primary N) is 1. The largest absolute Gasteiger partial charge is 0.456 e. The molecule has 0 bridgehead atoms. The highest BCUT2D eigenvalue weighted by molar-refractivity contribution is 7.98. The van der Waals surface area contributed by atoms with E-state index >= 15 is 0 Å². The number of hydrogen-bond acceptors (Lipinski definition) is 9. The molecule has 2 aromatic heterocycles.